The number of aromatic nitrogens is 1. The molecule has 1 aliphatic heterocycles. The molecule has 1 amide bonds. The second-order valence-electron chi connectivity index (χ2n) is 9.22. The second-order valence-corrected chi connectivity index (χ2v) is 11.3. The molecule has 2 heterocycles. The molecule has 3 rings (SSSR count). The smallest absolute Gasteiger partial charge is 0.259 e. The summed E-state index contributed by atoms with van der Waals surface area (Å²) < 4.78 is 39.2. The third-order valence-electron chi connectivity index (χ3n) is 6.32. The van der Waals surface area contributed by atoms with Gasteiger partial charge in [0, 0.05) is 43.8 Å². The lowest BCUT2D eigenvalue weighted by molar-refractivity contribution is 0.0373. The molecule has 1 aromatic heterocycles. The van der Waals surface area contributed by atoms with Gasteiger partial charge in [0.25, 0.3) is 5.91 Å². The quantitative estimate of drug-likeness (QED) is 0.524. The summed E-state index contributed by atoms with van der Waals surface area (Å²) in [6.07, 6.45) is 2.58. The van der Waals surface area contributed by atoms with E-state index in [1.54, 1.807) is 36.2 Å². The fourth-order valence-electron chi connectivity index (χ4n) is 3.97. The number of aliphatic hydroxyl groups excluding tert-OH is 1. The van der Waals surface area contributed by atoms with Gasteiger partial charge in [-0.25, -0.2) is 13.4 Å². The SMILES string of the molecule is CCCC#Cc1cnc2c(c1)C(=O)N([C@H](C)CO)C[C@@H](C)[C@@H](CN(C)S(=O)(=O)c1cccc(OC)c1)O2. The fraction of sp³-hybridized carbons (Fsp3) is 0.481. The van der Waals surface area contributed by atoms with Gasteiger partial charge in [-0.05, 0) is 31.5 Å². The van der Waals surface area contributed by atoms with Crippen LogP contribution in [0.25, 0.3) is 0 Å². The third kappa shape index (κ3) is 6.60. The largest absolute Gasteiger partial charge is 0.497 e. The van der Waals surface area contributed by atoms with Crippen molar-refractivity contribution >= 4 is 15.9 Å². The van der Waals surface area contributed by atoms with Crippen LogP contribution in [0.1, 0.15) is 49.5 Å². The maximum Gasteiger partial charge on any atom is 0.259 e. The van der Waals surface area contributed by atoms with Crippen molar-refractivity contribution in [3.63, 3.8) is 0 Å². The number of aliphatic hydroxyl groups is 1. The third-order valence-corrected chi connectivity index (χ3v) is 8.13. The first-order chi connectivity index (χ1) is 17.6. The molecule has 9 nitrogen and oxygen atoms in total. The van der Waals surface area contributed by atoms with Crippen LogP contribution in [-0.2, 0) is 10.0 Å². The van der Waals surface area contributed by atoms with E-state index < -0.39 is 22.2 Å². The number of pyridine rings is 1. The van der Waals surface area contributed by atoms with Gasteiger partial charge in [-0.15, -0.1) is 0 Å². The average Bonchev–Trinajstić information content (AvgIpc) is 2.90. The average molecular weight is 530 g/mol. The van der Waals surface area contributed by atoms with E-state index in [2.05, 4.69) is 16.8 Å². The molecule has 0 spiro atoms. The van der Waals surface area contributed by atoms with Crippen LogP contribution in [0.15, 0.2) is 41.4 Å². The van der Waals surface area contributed by atoms with E-state index in [1.165, 1.54) is 30.6 Å². The molecule has 200 valence electrons. The predicted molar refractivity (Wildman–Crippen MR) is 140 cm³/mol. The monoisotopic (exact) mass is 529 g/mol. The number of rotatable bonds is 8. The van der Waals surface area contributed by atoms with Crippen LogP contribution in [-0.4, -0.2) is 79.6 Å². The summed E-state index contributed by atoms with van der Waals surface area (Å²) in [7, 11) is -0.876. The minimum Gasteiger partial charge on any atom is -0.497 e. The van der Waals surface area contributed by atoms with E-state index in [9.17, 15) is 18.3 Å². The summed E-state index contributed by atoms with van der Waals surface area (Å²) in [5.74, 6) is 6.05. The number of unbranched alkanes of at least 4 members (excludes halogenated alkanes) is 1. The highest BCUT2D eigenvalue weighted by atomic mass is 32.2. The van der Waals surface area contributed by atoms with Gasteiger partial charge in [-0.3, -0.25) is 4.79 Å². The summed E-state index contributed by atoms with van der Waals surface area (Å²) in [5, 5.41) is 9.82. The van der Waals surface area contributed by atoms with Crippen LogP contribution in [0, 0.1) is 17.8 Å². The van der Waals surface area contributed by atoms with Crippen molar-refractivity contribution in [3.8, 4) is 23.5 Å². The lowest BCUT2D eigenvalue weighted by Gasteiger charge is -2.37. The minimum absolute atomic E-state index is 0.0232. The van der Waals surface area contributed by atoms with Crippen molar-refractivity contribution in [2.75, 3.05) is 33.9 Å². The Morgan fingerprint density at radius 2 is 2.11 bits per heavy atom. The molecule has 37 heavy (non-hydrogen) atoms. The lowest BCUT2D eigenvalue weighted by Crippen LogP contribution is -2.50. The number of likely N-dealkylation sites (N-methyl/N-ethyl adjacent to an activating group) is 1. The van der Waals surface area contributed by atoms with Crippen LogP contribution in [0.5, 0.6) is 11.6 Å². The maximum absolute atomic E-state index is 13.5. The Morgan fingerprint density at radius 1 is 1.35 bits per heavy atom. The molecular formula is C27H35N3O6S. The van der Waals surface area contributed by atoms with Gasteiger partial charge in [-0.2, -0.15) is 4.31 Å². The standard InChI is InChI=1S/C27H35N3O6S/c1-6-7-8-10-21-13-24-26(28-15-21)36-25(19(2)16-30(27(24)32)20(3)18-31)17-29(4)37(33,34)23-12-9-11-22(14-23)35-5/h9,11-15,19-20,25,31H,6-7,16-18H2,1-5H3/t19-,20-,25-/m1/s1. The Hall–Kier alpha value is -3.13. The molecule has 10 heteroatoms. The molecule has 0 saturated heterocycles. The van der Waals surface area contributed by atoms with Crippen molar-refractivity contribution < 1.29 is 27.8 Å². The molecule has 0 radical (unpaired) electrons. The number of carbonyl (C=O) groups excluding carboxylic acids is 1. The molecule has 1 aliphatic rings. The zero-order valence-electron chi connectivity index (χ0n) is 22.0. The Labute approximate surface area is 219 Å². The summed E-state index contributed by atoms with van der Waals surface area (Å²) in [4.78, 5) is 19.6. The number of ether oxygens (including phenoxy) is 2. The summed E-state index contributed by atoms with van der Waals surface area (Å²) in [6.45, 7) is 5.76. The van der Waals surface area contributed by atoms with E-state index in [1.807, 2.05) is 13.8 Å². The molecule has 1 N–H and O–H groups in total. The Bertz CT molecular complexity index is 1270. The first-order valence-corrected chi connectivity index (χ1v) is 13.7. The van der Waals surface area contributed by atoms with Crippen LogP contribution in [0.2, 0.25) is 0 Å². The number of methoxy groups -OCH3 is 1. The molecule has 0 saturated carbocycles. The summed E-state index contributed by atoms with van der Waals surface area (Å²) in [5.41, 5.74) is 0.822. The fourth-order valence-corrected chi connectivity index (χ4v) is 5.19. The van der Waals surface area contributed by atoms with Crippen molar-refractivity contribution in [1.82, 2.24) is 14.2 Å². The molecular weight excluding hydrogens is 494 g/mol. The normalized spacial score (nSPS) is 18.7. The van der Waals surface area contributed by atoms with E-state index in [4.69, 9.17) is 9.47 Å². The number of nitrogens with zero attached hydrogens (tertiary/aromatic N) is 3. The minimum atomic E-state index is -3.84. The zero-order chi connectivity index (χ0) is 27.2. The molecule has 2 aromatic rings. The number of carbonyl (C=O) groups is 1. The lowest BCUT2D eigenvalue weighted by atomic mass is 10.0. The van der Waals surface area contributed by atoms with Crippen molar-refractivity contribution in [1.29, 1.82) is 0 Å². The predicted octanol–water partition coefficient (Wildman–Crippen LogP) is 2.78. The molecule has 3 atom stereocenters. The Morgan fingerprint density at radius 3 is 2.78 bits per heavy atom. The van der Waals surface area contributed by atoms with Crippen molar-refractivity contribution in [2.24, 2.45) is 5.92 Å². The summed E-state index contributed by atoms with van der Waals surface area (Å²) >= 11 is 0. The summed E-state index contributed by atoms with van der Waals surface area (Å²) in [6, 6.07) is 7.47. The molecule has 0 bridgehead atoms. The Kier molecular flexibility index (Phi) is 9.54. The highest BCUT2D eigenvalue weighted by Gasteiger charge is 2.36. The number of hydrogen-bond donors (Lipinski definition) is 1. The maximum atomic E-state index is 13.5. The highest BCUT2D eigenvalue weighted by Crippen LogP contribution is 2.28. The van der Waals surface area contributed by atoms with Gasteiger partial charge < -0.3 is 19.5 Å². The van der Waals surface area contributed by atoms with E-state index >= 15 is 0 Å². The molecule has 0 aliphatic carbocycles. The van der Waals surface area contributed by atoms with Gasteiger partial charge in [0.2, 0.25) is 15.9 Å². The zero-order valence-corrected chi connectivity index (χ0v) is 22.8. The molecule has 0 fully saturated rings. The van der Waals surface area contributed by atoms with E-state index in [-0.39, 0.29) is 47.9 Å². The number of hydrogen-bond acceptors (Lipinski definition) is 7. The Balaban J connectivity index is 1.97. The van der Waals surface area contributed by atoms with E-state index in [0.29, 0.717) is 11.3 Å². The highest BCUT2D eigenvalue weighted by molar-refractivity contribution is 7.89. The van der Waals surface area contributed by atoms with Crippen LogP contribution >= 0.6 is 0 Å². The van der Waals surface area contributed by atoms with Gasteiger partial charge in [-0.1, -0.05) is 31.8 Å². The van der Waals surface area contributed by atoms with Gasteiger partial charge >= 0.3 is 0 Å². The topological polar surface area (TPSA) is 109 Å². The molecule has 1 aromatic carbocycles. The first kappa shape index (κ1) is 28.4. The van der Waals surface area contributed by atoms with Gasteiger partial charge in [0.05, 0.1) is 31.2 Å². The number of fused-ring (bicyclic) bond motifs is 1. The van der Waals surface area contributed by atoms with Crippen molar-refractivity contribution in [3.05, 3.63) is 47.7 Å². The number of amides is 1. The van der Waals surface area contributed by atoms with E-state index in [0.717, 1.165) is 12.8 Å². The number of sulfonamides is 1. The van der Waals surface area contributed by atoms with Gasteiger partial charge in [0.1, 0.15) is 17.4 Å². The van der Waals surface area contributed by atoms with Crippen LogP contribution < -0.4 is 9.47 Å². The van der Waals surface area contributed by atoms with Crippen LogP contribution in [0.4, 0.5) is 0 Å². The second kappa shape index (κ2) is 12.4. The van der Waals surface area contributed by atoms with Gasteiger partial charge in [0.15, 0.2) is 0 Å². The number of benzene rings is 1. The molecule has 0 unspecified atom stereocenters. The first-order valence-electron chi connectivity index (χ1n) is 12.3. The van der Waals surface area contributed by atoms with Crippen LogP contribution in [0.3, 0.4) is 0 Å². The van der Waals surface area contributed by atoms with Crippen molar-refractivity contribution in [2.45, 2.75) is 50.7 Å².